The highest BCUT2D eigenvalue weighted by atomic mass is 35.5. The zero-order chi connectivity index (χ0) is 4.99. The molecule has 0 aliphatic heterocycles. The Morgan fingerprint density at radius 1 is 1.43 bits per heavy atom. The van der Waals surface area contributed by atoms with E-state index in [9.17, 15) is 0 Å². The van der Waals surface area contributed by atoms with E-state index < -0.39 is 0 Å². The molecule has 0 saturated carbocycles. The van der Waals surface area contributed by atoms with Crippen molar-refractivity contribution in [3.05, 3.63) is 0 Å². The van der Waals surface area contributed by atoms with Crippen molar-refractivity contribution in [3.63, 3.8) is 0 Å². The minimum absolute atomic E-state index is 0. The first-order valence-electron chi connectivity index (χ1n) is 1.80. The van der Waals surface area contributed by atoms with Crippen molar-refractivity contribution in [2.24, 2.45) is 0 Å². The molecule has 0 spiro atoms. The van der Waals surface area contributed by atoms with Crippen LogP contribution in [0.1, 0.15) is 0 Å². The third-order valence-corrected chi connectivity index (χ3v) is 3.18. The molecular formula is C4H11ClS2. The van der Waals surface area contributed by atoms with Crippen molar-refractivity contribution in [2.45, 2.75) is 0 Å². The van der Waals surface area contributed by atoms with Gasteiger partial charge in [-0.1, -0.05) is 0 Å². The molecule has 0 fully saturated rings. The molecule has 0 aromatic heterocycles. The van der Waals surface area contributed by atoms with E-state index in [1.807, 2.05) is 11.8 Å². The lowest BCUT2D eigenvalue weighted by Crippen LogP contribution is -3.00. The SMILES string of the molecule is CSC[S+](C)C.[Cl-]. The summed E-state index contributed by atoms with van der Waals surface area (Å²) in [4.78, 5) is 0. The molecule has 46 valence electrons. The molecule has 0 nitrogen and oxygen atoms in total. The molecule has 0 heterocycles. The van der Waals surface area contributed by atoms with Crippen LogP contribution >= 0.6 is 11.8 Å². The molecule has 7 heavy (non-hydrogen) atoms. The van der Waals surface area contributed by atoms with Crippen molar-refractivity contribution in [1.29, 1.82) is 0 Å². The summed E-state index contributed by atoms with van der Waals surface area (Å²) >= 11 is 1.92. The molecule has 0 unspecified atom stereocenters. The maximum absolute atomic E-state index is 2.26. The second-order valence-corrected chi connectivity index (χ2v) is 4.88. The molecular weight excluding hydrogens is 148 g/mol. The van der Waals surface area contributed by atoms with Crippen LogP contribution in [-0.2, 0) is 10.9 Å². The second-order valence-electron chi connectivity index (χ2n) is 1.39. The van der Waals surface area contributed by atoms with E-state index in [0.717, 1.165) is 0 Å². The first-order valence-corrected chi connectivity index (χ1v) is 5.41. The third kappa shape index (κ3) is 10.9. The monoisotopic (exact) mass is 158 g/mol. The summed E-state index contributed by atoms with van der Waals surface area (Å²) in [5.41, 5.74) is 0. The topological polar surface area (TPSA) is 0 Å². The molecule has 0 rings (SSSR count). The van der Waals surface area contributed by atoms with E-state index in [0.29, 0.717) is 10.9 Å². The van der Waals surface area contributed by atoms with Gasteiger partial charge in [0.2, 0.25) is 0 Å². The Balaban J connectivity index is 0. The molecule has 0 aromatic carbocycles. The summed E-state index contributed by atoms with van der Waals surface area (Å²) in [5, 5.41) is 1.32. The van der Waals surface area contributed by atoms with Gasteiger partial charge in [-0.05, 0) is 17.2 Å². The van der Waals surface area contributed by atoms with Gasteiger partial charge in [-0.2, -0.15) is 0 Å². The smallest absolute Gasteiger partial charge is 0.152 e. The van der Waals surface area contributed by atoms with Crippen LogP contribution in [0, 0.1) is 0 Å². The fraction of sp³-hybridized carbons (Fsp3) is 1.00. The van der Waals surface area contributed by atoms with E-state index in [4.69, 9.17) is 0 Å². The van der Waals surface area contributed by atoms with E-state index in [-0.39, 0.29) is 12.4 Å². The van der Waals surface area contributed by atoms with Crippen LogP contribution in [0.2, 0.25) is 0 Å². The van der Waals surface area contributed by atoms with Crippen molar-refractivity contribution in [3.8, 4) is 0 Å². The standard InChI is InChI=1S/C4H11S2.ClH/c1-5-4-6(2)3;/h4H2,1-3H3;1H/q+1;/p-1. The summed E-state index contributed by atoms with van der Waals surface area (Å²) in [6.45, 7) is 0. The normalized spacial score (nSPS) is 8.57. The van der Waals surface area contributed by atoms with Crippen LogP contribution in [0.25, 0.3) is 0 Å². The Hall–Kier alpha value is 0.990. The van der Waals surface area contributed by atoms with E-state index in [2.05, 4.69) is 18.8 Å². The number of hydrogen-bond acceptors (Lipinski definition) is 1. The highest BCUT2D eigenvalue weighted by Gasteiger charge is 1.95. The second kappa shape index (κ2) is 6.99. The summed E-state index contributed by atoms with van der Waals surface area (Å²) < 4.78 is 0. The highest BCUT2D eigenvalue weighted by Crippen LogP contribution is 1.96. The molecule has 3 heteroatoms. The maximum Gasteiger partial charge on any atom is 0.152 e. The predicted octanol–water partition coefficient (Wildman–Crippen LogP) is -1.81. The molecule has 0 bridgehead atoms. The summed E-state index contributed by atoms with van der Waals surface area (Å²) in [6.07, 6.45) is 6.67. The Labute approximate surface area is 59.2 Å². The lowest BCUT2D eigenvalue weighted by molar-refractivity contribution is -0.00000146. The van der Waals surface area contributed by atoms with Gasteiger partial charge in [-0.25, -0.2) is 0 Å². The zero-order valence-electron chi connectivity index (χ0n) is 4.90. The number of halogens is 1. The Morgan fingerprint density at radius 2 is 1.86 bits per heavy atom. The summed E-state index contributed by atoms with van der Waals surface area (Å²) in [7, 11) is 0.647. The first kappa shape index (κ1) is 10.9. The molecule has 0 radical (unpaired) electrons. The number of rotatable bonds is 2. The predicted molar refractivity (Wildman–Crippen MR) is 37.6 cm³/mol. The fourth-order valence-electron chi connectivity index (χ4n) is 0.236. The van der Waals surface area contributed by atoms with Crippen LogP contribution < -0.4 is 12.4 Å². The summed E-state index contributed by atoms with van der Waals surface area (Å²) in [5.74, 6) is 0. The molecule has 0 aromatic rings. The zero-order valence-corrected chi connectivity index (χ0v) is 7.29. The number of hydrogen-bond donors (Lipinski definition) is 0. The Kier molecular flexibility index (Phi) is 10.9. The average molecular weight is 159 g/mol. The van der Waals surface area contributed by atoms with Gasteiger partial charge < -0.3 is 12.4 Å². The minimum atomic E-state index is 0. The lowest BCUT2D eigenvalue weighted by atomic mass is 11.8. The van der Waals surface area contributed by atoms with Gasteiger partial charge in [0, 0.05) is 0 Å². The quantitative estimate of drug-likeness (QED) is 0.427. The minimum Gasteiger partial charge on any atom is -1.00 e. The maximum atomic E-state index is 2.26. The molecule has 0 aliphatic carbocycles. The van der Waals surface area contributed by atoms with E-state index in [1.165, 1.54) is 5.08 Å². The van der Waals surface area contributed by atoms with Crippen LogP contribution in [0.15, 0.2) is 0 Å². The van der Waals surface area contributed by atoms with Crippen LogP contribution in [-0.4, -0.2) is 23.9 Å². The van der Waals surface area contributed by atoms with Gasteiger partial charge in [0.1, 0.15) is 0 Å². The first-order chi connectivity index (χ1) is 2.77. The van der Waals surface area contributed by atoms with Gasteiger partial charge in [0.05, 0.1) is 12.5 Å². The van der Waals surface area contributed by atoms with E-state index in [1.54, 1.807) is 0 Å². The van der Waals surface area contributed by atoms with Crippen LogP contribution in [0.5, 0.6) is 0 Å². The number of thioether (sulfide) groups is 1. The van der Waals surface area contributed by atoms with Crippen molar-refractivity contribution in [2.75, 3.05) is 23.9 Å². The Bertz CT molecular complexity index is 30.9. The molecule has 0 saturated heterocycles. The van der Waals surface area contributed by atoms with Crippen molar-refractivity contribution >= 4 is 22.7 Å². The Morgan fingerprint density at radius 3 is 1.86 bits per heavy atom. The van der Waals surface area contributed by atoms with Gasteiger partial charge in [0.25, 0.3) is 0 Å². The lowest BCUT2D eigenvalue weighted by Gasteiger charge is -1.86. The molecule has 0 atom stereocenters. The van der Waals surface area contributed by atoms with Crippen LogP contribution in [0.4, 0.5) is 0 Å². The van der Waals surface area contributed by atoms with Crippen LogP contribution in [0.3, 0.4) is 0 Å². The third-order valence-electron chi connectivity index (χ3n) is 0.354. The fourth-order valence-corrected chi connectivity index (χ4v) is 2.12. The largest absolute Gasteiger partial charge is 1.00 e. The molecule has 0 aliphatic rings. The van der Waals surface area contributed by atoms with Gasteiger partial charge in [-0.15, -0.1) is 11.8 Å². The average Bonchev–Trinajstić information content (AvgIpc) is 1.35. The van der Waals surface area contributed by atoms with Crippen molar-refractivity contribution in [1.82, 2.24) is 0 Å². The van der Waals surface area contributed by atoms with Crippen molar-refractivity contribution < 1.29 is 12.4 Å². The van der Waals surface area contributed by atoms with Gasteiger partial charge >= 0.3 is 0 Å². The van der Waals surface area contributed by atoms with E-state index >= 15 is 0 Å². The van der Waals surface area contributed by atoms with Gasteiger partial charge in [0.15, 0.2) is 5.08 Å². The highest BCUT2D eigenvalue weighted by molar-refractivity contribution is 8.13. The summed E-state index contributed by atoms with van der Waals surface area (Å²) in [6, 6.07) is 0. The van der Waals surface area contributed by atoms with Gasteiger partial charge in [-0.3, -0.25) is 0 Å². The molecule has 0 N–H and O–H groups in total. The molecule has 0 amide bonds.